The fraction of sp³-hybridized carbons (Fsp3) is 0.733. The molecule has 0 fully saturated rings. The van der Waals surface area contributed by atoms with Crippen LogP contribution < -0.4 is 21.3 Å². The fourth-order valence-corrected chi connectivity index (χ4v) is 7.54. The van der Waals surface area contributed by atoms with Gasteiger partial charge in [-0.05, 0) is 64.3 Å². The van der Waals surface area contributed by atoms with E-state index in [0.717, 1.165) is 14.7 Å². The van der Waals surface area contributed by atoms with Crippen LogP contribution in [0.1, 0.15) is 84.0 Å². The number of amides is 3. The molecule has 0 aromatic carbocycles. The molecule has 0 spiro atoms. The van der Waals surface area contributed by atoms with Crippen molar-refractivity contribution in [3.8, 4) is 0 Å². The smallest absolute Gasteiger partial charge is 0.320 e. The largest absolute Gasteiger partial charge is 0.480 e. The lowest BCUT2D eigenvalue weighted by molar-refractivity contribution is -0.152. The van der Waals surface area contributed by atoms with E-state index < -0.39 is 134 Å². The number of nitrogens with zero attached hydrogens (tertiary/aromatic N) is 3. The van der Waals surface area contributed by atoms with Crippen molar-refractivity contribution in [1.29, 1.82) is 0 Å². The molecule has 76 heavy (non-hydrogen) atoms. The molecule has 0 aliphatic carbocycles. The number of aliphatic carboxylic acids is 9. The van der Waals surface area contributed by atoms with Crippen LogP contribution in [-0.2, 0) is 71.7 Å². The highest BCUT2D eigenvalue weighted by Crippen LogP contribution is 2.14. The summed E-state index contributed by atoms with van der Waals surface area (Å²) in [5, 5.41) is 94.5. The minimum atomic E-state index is -1.40. The number of ether oxygens (including phenoxy) is 3. The van der Waals surface area contributed by atoms with Gasteiger partial charge in [-0.15, -0.1) is 0 Å². The van der Waals surface area contributed by atoms with E-state index in [1.807, 2.05) is 0 Å². The van der Waals surface area contributed by atoms with Crippen LogP contribution >= 0.6 is 0 Å². The zero-order chi connectivity index (χ0) is 57.6. The third-order valence-corrected chi connectivity index (χ3v) is 11.0. The van der Waals surface area contributed by atoms with Crippen LogP contribution in [0.5, 0.6) is 0 Å². The van der Waals surface area contributed by atoms with Gasteiger partial charge in [-0.25, -0.2) is 0 Å². The molecule has 3 amide bonds. The number of carboxylic acid groups (broad SMARTS) is 9. The van der Waals surface area contributed by atoms with Gasteiger partial charge in [0.15, 0.2) is 0 Å². The first-order chi connectivity index (χ1) is 35.8. The Morgan fingerprint density at radius 2 is 0.632 bits per heavy atom. The molecule has 31 nitrogen and oxygen atoms in total. The number of rotatable bonds is 50. The average molecular weight is 1100 g/mol. The molecule has 0 heterocycles. The lowest BCUT2D eigenvalue weighted by Crippen LogP contribution is -2.56. The Kier molecular flexibility index (Phi) is 36.3. The van der Waals surface area contributed by atoms with Crippen molar-refractivity contribution in [1.82, 2.24) is 36.0 Å². The van der Waals surface area contributed by atoms with Gasteiger partial charge in [-0.2, -0.15) is 0 Å². The van der Waals surface area contributed by atoms with Gasteiger partial charge in [-0.1, -0.05) is 6.92 Å². The summed E-state index contributed by atoms with van der Waals surface area (Å²) in [7, 11) is 0. The number of carbonyl (C=O) groups is 12. The average Bonchev–Trinajstić information content (AvgIpc) is 3.29. The van der Waals surface area contributed by atoms with E-state index in [1.54, 1.807) is 6.92 Å². The first kappa shape index (κ1) is 69.4. The Morgan fingerprint density at radius 3 is 0.829 bits per heavy atom. The standard InChI is InChI=1S/C45H75N7O24/c1-2-49-45(27-74-18-12-33(53)46-15-6-3-9-30(42(68)69)50(21-36(56)57)22-37(58)59,28-75-19-13-34(54)47-16-7-4-10-31(43(70)71)51(23-38(60)61)24-39(62)63)29-76-20-14-35(55)48-17-8-5-11-32(44(72)73)52(25-40(64)65)26-41(66)67/h30-32,49H,2-29H2,1H3,(H,46,53)(H,47,54)(H,48,55)(H,56,57)(H,58,59)(H,60,61)(H,62,63)(H,64,65)(H,66,67)(H,68,69)(H,70,71)(H,72,73). The Hall–Kier alpha value is -6.64. The van der Waals surface area contributed by atoms with E-state index in [-0.39, 0.29) is 136 Å². The van der Waals surface area contributed by atoms with Crippen LogP contribution in [0.4, 0.5) is 0 Å². The summed E-state index contributed by atoms with van der Waals surface area (Å²) < 4.78 is 17.6. The predicted octanol–water partition coefficient (Wildman–Crippen LogP) is -2.81. The SMILES string of the molecule is CCNC(COCCC(=O)NCCCCC(C(=O)O)N(CC(=O)O)CC(=O)O)(COCCC(=O)NCCCCC(C(=O)O)N(CC(=O)O)CC(=O)O)COCCC(=O)NCCCCC(C(=O)O)N(CC(=O)O)CC(=O)O. The molecule has 434 valence electrons. The quantitative estimate of drug-likeness (QED) is 0.0273. The first-order valence-corrected chi connectivity index (χ1v) is 24.3. The van der Waals surface area contributed by atoms with Crippen LogP contribution in [0.15, 0.2) is 0 Å². The molecule has 0 aromatic rings. The number of likely N-dealkylation sites (N-methyl/N-ethyl adjacent to an activating group) is 1. The number of unbranched alkanes of at least 4 members (excludes halogenated alkanes) is 3. The van der Waals surface area contributed by atoms with Gasteiger partial charge in [0, 0.05) is 38.9 Å². The molecular weight excluding hydrogens is 1020 g/mol. The second kappa shape index (κ2) is 39.7. The second-order valence-electron chi connectivity index (χ2n) is 17.4. The highest BCUT2D eigenvalue weighted by Gasteiger charge is 2.33. The molecule has 0 bridgehead atoms. The van der Waals surface area contributed by atoms with E-state index in [0.29, 0.717) is 6.54 Å². The van der Waals surface area contributed by atoms with Crippen LogP contribution in [0, 0.1) is 0 Å². The van der Waals surface area contributed by atoms with Crippen LogP contribution in [0.3, 0.4) is 0 Å². The Labute approximate surface area is 437 Å². The maximum Gasteiger partial charge on any atom is 0.320 e. The van der Waals surface area contributed by atoms with Crippen molar-refractivity contribution in [3.63, 3.8) is 0 Å². The summed E-state index contributed by atoms with van der Waals surface area (Å²) in [4.78, 5) is 143. The van der Waals surface area contributed by atoms with Gasteiger partial charge in [0.05, 0.1) is 84.4 Å². The summed E-state index contributed by atoms with van der Waals surface area (Å²) in [5.74, 6) is -13.9. The van der Waals surface area contributed by atoms with Crippen molar-refractivity contribution < 1.29 is 118 Å². The van der Waals surface area contributed by atoms with E-state index >= 15 is 0 Å². The van der Waals surface area contributed by atoms with Gasteiger partial charge < -0.3 is 81.4 Å². The van der Waals surface area contributed by atoms with Crippen LogP contribution in [0.25, 0.3) is 0 Å². The molecule has 13 N–H and O–H groups in total. The van der Waals surface area contributed by atoms with Crippen molar-refractivity contribution in [2.75, 3.05) is 105 Å². The lowest BCUT2D eigenvalue weighted by Gasteiger charge is -2.34. The molecule has 31 heteroatoms. The molecule has 0 aliphatic rings. The number of carbonyl (C=O) groups excluding carboxylic acids is 3. The summed E-state index contributed by atoms with van der Waals surface area (Å²) in [6.45, 7) is -2.91. The predicted molar refractivity (Wildman–Crippen MR) is 258 cm³/mol. The first-order valence-electron chi connectivity index (χ1n) is 24.3. The third-order valence-electron chi connectivity index (χ3n) is 11.0. The van der Waals surface area contributed by atoms with Crippen molar-refractivity contribution in [2.24, 2.45) is 0 Å². The zero-order valence-corrected chi connectivity index (χ0v) is 42.5. The molecule has 0 aliphatic heterocycles. The maximum absolute atomic E-state index is 12.6. The summed E-state index contributed by atoms with van der Waals surface area (Å²) in [6, 6.07) is -4.15. The van der Waals surface area contributed by atoms with Gasteiger partial charge in [0.25, 0.3) is 0 Å². The van der Waals surface area contributed by atoms with Crippen molar-refractivity contribution in [2.45, 2.75) is 108 Å². The molecule has 0 saturated heterocycles. The number of hydrogen-bond acceptors (Lipinski definition) is 19. The highest BCUT2D eigenvalue weighted by atomic mass is 16.5. The summed E-state index contributed by atoms with van der Waals surface area (Å²) >= 11 is 0. The summed E-state index contributed by atoms with van der Waals surface area (Å²) in [5.41, 5.74) is -1.10. The minimum Gasteiger partial charge on any atom is -0.480 e. The third kappa shape index (κ3) is 34.0. The van der Waals surface area contributed by atoms with Gasteiger partial charge in [0.2, 0.25) is 17.7 Å². The lowest BCUT2D eigenvalue weighted by atomic mass is 10.0. The number of carboxylic acids is 9. The van der Waals surface area contributed by atoms with E-state index in [1.165, 1.54) is 0 Å². The molecule has 0 rings (SSSR count). The summed E-state index contributed by atoms with van der Waals surface area (Å²) in [6.07, 6.45) is 0.898. The van der Waals surface area contributed by atoms with Crippen LogP contribution in [-0.4, -0.2) is 261 Å². The van der Waals surface area contributed by atoms with E-state index in [2.05, 4.69) is 21.3 Å². The van der Waals surface area contributed by atoms with Gasteiger partial charge >= 0.3 is 53.7 Å². The molecule has 3 atom stereocenters. The molecule has 0 aromatic heterocycles. The molecular formula is C45H75N7O24. The van der Waals surface area contributed by atoms with E-state index in [9.17, 15) is 72.9 Å². The maximum atomic E-state index is 12.6. The second-order valence-corrected chi connectivity index (χ2v) is 17.4. The van der Waals surface area contributed by atoms with Crippen molar-refractivity contribution >= 4 is 71.4 Å². The number of hydrogen-bond donors (Lipinski definition) is 13. The fourth-order valence-electron chi connectivity index (χ4n) is 7.54. The Balaban J connectivity index is 5.46. The normalized spacial score (nSPS) is 13.3. The van der Waals surface area contributed by atoms with Crippen molar-refractivity contribution in [3.05, 3.63) is 0 Å². The minimum absolute atomic E-state index is 0.0820. The zero-order valence-electron chi connectivity index (χ0n) is 42.5. The number of nitrogens with one attached hydrogen (secondary N) is 4. The monoisotopic (exact) mass is 1100 g/mol. The Morgan fingerprint density at radius 1 is 0.395 bits per heavy atom. The van der Waals surface area contributed by atoms with Gasteiger partial charge in [-0.3, -0.25) is 72.2 Å². The highest BCUT2D eigenvalue weighted by molar-refractivity contribution is 5.80. The Bertz CT molecular complexity index is 1640. The van der Waals surface area contributed by atoms with Gasteiger partial charge in [0.1, 0.15) is 18.1 Å². The topological polar surface area (TPSA) is 472 Å². The van der Waals surface area contributed by atoms with Crippen LogP contribution in [0.2, 0.25) is 0 Å². The molecule has 0 saturated carbocycles. The molecule has 0 radical (unpaired) electrons. The van der Waals surface area contributed by atoms with E-state index in [4.69, 9.17) is 44.8 Å². The molecule has 3 unspecified atom stereocenters.